The molecule has 0 amide bonds. The maximum absolute atomic E-state index is 12.4. The molecule has 0 unspecified atom stereocenters. The molecule has 0 aliphatic carbocycles. The van der Waals surface area contributed by atoms with E-state index < -0.39 is 0 Å². The van der Waals surface area contributed by atoms with Crippen LogP contribution in [-0.2, 0) is 6.54 Å². The van der Waals surface area contributed by atoms with Crippen LogP contribution >= 0.6 is 0 Å². The van der Waals surface area contributed by atoms with Gasteiger partial charge in [-0.25, -0.2) is 4.98 Å². The van der Waals surface area contributed by atoms with E-state index in [0.717, 1.165) is 11.3 Å². The molecular formula is C15H14N4O. The highest BCUT2D eigenvalue weighted by Crippen LogP contribution is 2.11. The van der Waals surface area contributed by atoms with Gasteiger partial charge in [0, 0.05) is 11.9 Å². The van der Waals surface area contributed by atoms with Gasteiger partial charge in [-0.1, -0.05) is 6.07 Å². The predicted molar refractivity (Wildman–Crippen MR) is 78.5 cm³/mol. The lowest BCUT2D eigenvalue weighted by atomic mass is 10.2. The van der Waals surface area contributed by atoms with Gasteiger partial charge in [0.1, 0.15) is 0 Å². The SMILES string of the molecule is Cc1cccnc1Cn1cnc2ccc(N)cc2c1=O. The second kappa shape index (κ2) is 4.77. The predicted octanol–water partition coefficient (Wildman–Crippen LogP) is 1.73. The molecule has 0 saturated heterocycles. The van der Waals surface area contributed by atoms with Gasteiger partial charge in [-0.3, -0.25) is 14.3 Å². The number of nitrogens with zero attached hydrogens (tertiary/aromatic N) is 3. The summed E-state index contributed by atoms with van der Waals surface area (Å²) < 4.78 is 1.55. The van der Waals surface area contributed by atoms with Crippen molar-refractivity contribution < 1.29 is 0 Å². The number of rotatable bonds is 2. The van der Waals surface area contributed by atoms with Crippen molar-refractivity contribution in [2.45, 2.75) is 13.5 Å². The van der Waals surface area contributed by atoms with Gasteiger partial charge in [0.05, 0.1) is 29.5 Å². The van der Waals surface area contributed by atoms with Crippen LogP contribution in [0.5, 0.6) is 0 Å². The highest BCUT2D eigenvalue weighted by atomic mass is 16.1. The number of aryl methyl sites for hydroxylation is 1. The molecule has 5 nitrogen and oxygen atoms in total. The van der Waals surface area contributed by atoms with Gasteiger partial charge in [-0.05, 0) is 36.8 Å². The van der Waals surface area contributed by atoms with Crippen molar-refractivity contribution in [2.75, 3.05) is 5.73 Å². The Hall–Kier alpha value is -2.69. The number of fused-ring (bicyclic) bond motifs is 1. The summed E-state index contributed by atoms with van der Waals surface area (Å²) >= 11 is 0. The van der Waals surface area contributed by atoms with E-state index >= 15 is 0 Å². The molecule has 3 aromatic rings. The van der Waals surface area contributed by atoms with Crippen LogP contribution in [0.15, 0.2) is 47.7 Å². The highest BCUT2D eigenvalue weighted by molar-refractivity contribution is 5.80. The van der Waals surface area contributed by atoms with Crippen molar-refractivity contribution in [3.05, 3.63) is 64.5 Å². The largest absolute Gasteiger partial charge is 0.399 e. The molecular weight excluding hydrogens is 252 g/mol. The van der Waals surface area contributed by atoms with E-state index in [4.69, 9.17) is 5.73 Å². The zero-order valence-corrected chi connectivity index (χ0v) is 11.1. The Morgan fingerprint density at radius 1 is 1.25 bits per heavy atom. The van der Waals surface area contributed by atoms with Crippen LogP contribution in [0.3, 0.4) is 0 Å². The molecule has 2 aromatic heterocycles. The number of anilines is 1. The van der Waals surface area contributed by atoms with Gasteiger partial charge in [0.15, 0.2) is 0 Å². The van der Waals surface area contributed by atoms with E-state index in [-0.39, 0.29) is 5.56 Å². The molecule has 0 spiro atoms. The molecule has 0 aliphatic rings. The Kier molecular flexibility index (Phi) is 2.95. The van der Waals surface area contributed by atoms with Crippen molar-refractivity contribution in [3.63, 3.8) is 0 Å². The summed E-state index contributed by atoms with van der Waals surface area (Å²) in [5.41, 5.74) is 8.75. The minimum absolute atomic E-state index is 0.104. The van der Waals surface area contributed by atoms with Crippen LogP contribution in [-0.4, -0.2) is 14.5 Å². The topological polar surface area (TPSA) is 73.8 Å². The second-order valence-electron chi connectivity index (χ2n) is 4.72. The van der Waals surface area contributed by atoms with Crippen molar-refractivity contribution in [1.82, 2.24) is 14.5 Å². The number of nitrogen functional groups attached to an aromatic ring is 1. The van der Waals surface area contributed by atoms with Gasteiger partial charge in [0.25, 0.3) is 5.56 Å². The second-order valence-corrected chi connectivity index (χ2v) is 4.72. The molecule has 0 bridgehead atoms. The lowest BCUT2D eigenvalue weighted by Gasteiger charge is -2.08. The van der Waals surface area contributed by atoms with Gasteiger partial charge < -0.3 is 5.73 Å². The van der Waals surface area contributed by atoms with Crippen LogP contribution in [0.1, 0.15) is 11.3 Å². The summed E-state index contributed by atoms with van der Waals surface area (Å²) in [7, 11) is 0. The summed E-state index contributed by atoms with van der Waals surface area (Å²) in [5, 5.41) is 0.529. The summed E-state index contributed by atoms with van der Waals surface area (Å²) in [6, 6.07) is 9.00. The van der Waals surface area contributed by atoms with E-state index in [1.54, 1.807) is 35.3 Å². The Morgan fingerprint density at radius 3 is 2.90 bits per heavy atom. The molecule has 1 aromatic carbocycles. The third kappa shape index (κ3) is 2.14. The average molecular weight is 266 g/mol. The normalized spacial score (nSPS) is 10.8. The minimum atomic E-state index is -0.104. The standard InChI is InChI=1S/C15H14N4O/c1-10-3-2-6-17-14(10)8-19-9-18-13-5-4-11(16)7-12(13)15(19)20/h2-7,9H,8,16H2,1H3. The zero-order chi connectivity index (χ0) is 14.1. The van der Waals surface area contributed by atoms with Crippen LogP contribution in [0, 0.1) is 6.92 Å². The number of pyridine rings is 1. The number of hydrogen-bond acceptors (Lipinski definition) is 4. The van der Waals surface area contributed by atoms with Gasteiger partial charge in [-0.2, -0.15) is 0 Å². The van der Waals surface area contributed by atoms with E-state index in [1.165, 1.54) is 0 Å². The maximum Gasteiger partial charge on any atom is 0.261 e. The molecule has 100 valence electrons. The van der Waals surface area contributed by atoms with Crippen molar-refractivity contribution in [3.8, 4) is 0 Å². The van der Waals surface area contributed by atoms with Crippen molar-refractivity contribution in [1.29, 1.82) is 0 Å². The molecule has 2 heterocycles. The fourth-order valence-electron chi connectivity index (χ4n) is 2.13. The van der Waals surface area contributed by atoms with Gasteiger partial charge >= 0.3 is 0 Å². The highest BCUT2D eigenvalue weighted by Gasteiger charge is 2.07. The van der Waals surface area contributed by atoms with Crippen LogP contribution in [0.4, 0.5) is 5.69 Å². The fourth-order valence-corrected chi connectivity index (χ4v) is 2.13. The number of hydrogen-bond donors (Lipinski definition) is 1. The van der Waals surface area contributed by atoms with E-state index in [2.05, 4.69) is 9.97 Å². The molecule has 3 rings (SSSR count). The summed E-state index contributed by atoms with van der Waals surface area (Å²) in [6.45, 7) is 2.38. The van der Waals surface area contributed by atoms with Gasteiger partial charge in [0.2, 0.25) is 0 Å². The lowest BCUT2D eigenvalue weighted by Crippen LogP contribution is -2.22. The molecule has 0 atom stereocenters. The fraction of sp³-hybridized carbons (Fsp3) is 0.133. The Labute approximate surface area is 115 Å². The lowest BCUT2D eigenvalue weighted by molar-refractivity contribution is 0.725. The molecule has 0 aliphatic heterocycles. The first-order valence-electron chi connectivity index (χ1n) is 6.30. The first-order chi connectivity index (χ1) is 9.65. The summed E-state index contributed by atoms with van der Waals surface area (Å²) in [4.78, 5) is 21.0. The van der Waals surface area contributed by atoms with Crippen LogP contribution < -0.4 is 11.3 Å². The quantitative estimate of drug-likeness (QED) is 0.717. The number of benzene rings is 1. The van der Waals surface area contributed by atoms with Crippen molar-refractivity contribution in [2.24, 2.45) is 0 Å². The van der Waals surface area contributed by atoms with Crippen molar-refractivity contribution >= 4 is 16.6 Å². The Morgan fingerprint density at radius 2 is 2.10 bits per heavy atom. The van der Waals surface area contributed by atoms with Crippen LogP contribution in [0.2, 0.25) is 0 Å². The molecule has 20 heavy (non-hydrogen) atoms. The molecule has 0 fully saturated rings. The van der Waals surface area contributed by atoms with E-state index in [9.17, 15) is 4.79 Å². The maximum atomic E-state index is 12.4. The first kappa shape index (κ1) is 12.3. The molecule has 0 radical (unpaired) electrons. The first-order valence-corrected chi connectivity index (χ1v) is 6.30. The number of aromatic nitrogens is 3. The summed E-state index contributed by atoms with van der Waals surface area (Å²) in [5.74, 6) is 0. The Bertz CT molecular complexity index is 839. The number of nitrogens with two attached hydrogens (primary N) is 1. The zero-order valence-electron chi connectivity index (χ0n) is 11.1. The minimum Gasteiger partial charge on any atom is -0.399 e. The smallest absolute Gasteiger partial charge is 0.261 e. The third-order valence-electron chi connectivity index (χ3n) is 3.29. The molecule has 5 heteroatoms. The van der Waals surface area contributed by atoms with E-state index in [1.807, 2.05) is 19.1 Å². The van der Waals surface area contributed by atoms with E-state index in [0.29, 0.717) is 23.1 Å². The van der Waals surface area contributed by atoms with Gasteiger partial charge in [-0.15, -0.1) is 0 Å². The molecule has 2 N–H and O–H groups in total. The average Bonchev–Trinajstić information content (AvgIpc) is 2.45. The monoisotopic (exact) mass is 266 g/mol. The Balaban J connectivity index is 2.11. The molecule has 0 saturated carbocycles. The third-order valence-corrected chi connectivity index (χ3v) is 3.29. The summed E-state index contributed by atoms with van der Waals surface area (Å²) in [6.07, 6.45) is 3.27. The van der Waals surface area contributed by atoms with Crippen LogP contribution in [0.25, 0.3) is 10.9 Å².